The van der Waals surface area contributed by atoms with E-state index in [0.29, 0.717) is 10.8 Å². The molecule has 2 N–H and O–H groups in total. The van der Waals surface area contributed by atoms with Gasteiger partial charge in [0.2, 0.25) is 0 Å². The van der Waals surface area contributed by atoms with Crippen LogP contribution in [-0.4, -0.2) is 17.2 Å². The second-order valence-corrected chi connectivity index (χ2v) is 4.34. The molecule has 0 aliphatic rings. The molecule has 1 heterocycles. The maximum Gasteiger partial charge on any atom is 0.490 e. The largest absolute Gasteiger partial charge is 0.490 e. The predicted octanol–water partition coefficient (Wildman–Crippen LogP) is 1.03. The van der Waals surface area contributed by atoms with Crippen molar-refractivity contribution in [3.8, 4) is 0 Å². The fourth-order valence-corrected chi connectivity index (χ4v) is 2.60. The van der Waals surface area contributed by atoms with Crippen LogP contribution in [0.2, 0.25) is 0 Å². The van der Waals surface area contributed by atoms with Crippen LogP contribution in [0.4, 0.5) is 4.39 Å². The second-order valence-electron chi connectivity index (χ2n) is 3.09. The summed E-state index contributed by atoms with van der Waals surface area (Å²) in [6.45, 7) is 1.79. The van der Waals surface area contributed by atoms with Gasteiger partial charge < -0.3 is 10.0 Å². The molecule has 14 heavy (non-hydrogen) atoms. The van der Waals surface area contributed by atoms with Gasteiger partial charge >= 0.3 is 7.12 Å². The third-order valence-electron chi connectivity index (χ3n) is 2.13. The molecule has 0 bridgehead atoms. The Kier molecular flexibility index (Phi) is 2.30. The Labute approximate surface area is 84.8 Å². The van der Waals surface area contributed by atoms with Gasteiger partial charge in [-0.15, -0.1) is 11.3 Å². The van der Waals surface area contributed by atoms with Crippen molar-refractivity contribution in [2.75, 3.05) is 0 Å². The summed E-state index contributed by atoms with van der Waals surface area (Å²) in [5.41, 5.74) is 0.407. The van der Waals surface area contributed by atoms with Gasteiger partial charge in [0, 0.05) is 15.0 Å². The third-order valence-corrected chi connectivity index (χ3v) is 3.23. The van der Waals surface area contributed by atoms with Crippen molar-refractivity contribution in [1.82, 2.24) is 0 Å². The molecular weight excluding hydrogens is 202 g/mol. The third kappa shape index (κ3) is 1.43. The molecule has 1 aromatic heterocycles. The molecule has 2 aromatic rings. The zero-order valence-electron chi connectivity index (χ0n) is 7.49. The first-order valence-electron chi connectivity index (χ1n) is 4.14. The minimum atomic E-state index is -1.54. The number of hydrogen-bond acceptors (Lipinski definition) is 3. The zero-order valence-corrected chi connectivity index (χ0v) is 8.31. The number of thiophene rings is 1. The van der Waals surface area contributed by atoms with Crippen molar-refractivity contribution in [2.45, 2.75) is 6.92 Å². The van der Waals surface area contributed by atoms with Crippen molar-refractivity contribution in [1.29, 1.82) is 0 Å². The van der Waals surface area contributed by atoms with Gasteiger partial charge in [0.25, 0.3) is 0 Å². The lowest BCUT2D eigenvalue weighted by Gasteiger charge is -1.98. The molecule has 2 rings (SSSR count). The van der Waals surface area contributed by atoms with Crippen LogP contribution in [0.3, 0.4) is 0 Å². The molecule has 0 saturated carbocycles. The summed E-state index contributed by atoms with van der Waals surface area (Å²) in [5.74, 6) is -0.364. The Morgan fingerprint density at radius 2 is 2.07 bits per heavy atom. The van der Waals surface area contributed by atoms with Crippen molar-refractivity contribution in [3.63, 3.8) is 0 Å². The van der Waals surface area contributed by atoms with Crippen molar-refractivity contribution >= 4 is 34.0 Å². The standard InChI is InChI=1S/C9H8BFO2S/c1-5-9(10(12)13)7-4-6(11)2-3-8(7)14-5/h2-4,12-13H,1H3. The van der Waals surface area contributed by atoms with E-state index in [9.17, 15) is 4.39 Å². The van der Waals surface area contributed by atoms with Gasteiger partial charge in [-0.3, -0.25) is 0 Å². The van der Waals surface area contributed by atoms with Gasteiger partial charge in [-0.05, 0) is 30.5 Å². The molecule has 0 aliphatic heterocycles. The summed E-state index contributed by atoms with van der Waals surface area (Å²) in [4.78, 5) is 0.806. The zero-order chi connectivity index (χ0) is 10.3. The lowest BCUT2D eigenvalue weighted by Crippen LogP contribution is -2.30. The number of benzene rings is 1. The highest BCUT2D eigenvalue weighted by molar-refractivity contribution is 7.20. The molecule has 0 radical (unpaired) electrons. The van der Waals surface area contributed by atoms with E-state index < -0.39 is 7.12 Å². The molecule has 72 valence electrons. The summed E-state index contributed by atoms with van der Waals surface area (Å²) in [6.07, 6.45) is 0. The SMILES string of the molecule is Cc1sc2ccc(F)cc2c1B(O)O. The lowest BCUT2D eigenvalue weighted by molar-refractivity contribution is 0.426. The van der Waals surface area contributed by atoms with Gasteiger partial charge in [-0.2, -0.15) is 0 Å². The maximum atomic E-state index is 12.9. The van der Waals surface area contributed by atoms with Gasteiger partial charge in [0.05, 0.1) is 0 Å². The van der Waals surface area contributed by atoms with E-state index in [2.05, 4.69) is 0 Å². The highest BCUT2D eigenvalue weighted by Crippen LogP contribution is 2.23. The number of hydrogen-bond donors (Lipinski definition) is 2. The molecule has 0 aliphatic carbocycles. The first kappa shape index (κ1) is 9.64. The molecule has 0 spiro atoms. The first-order chi connectivity index (χ1) is 6.59. The number of fused-ring (bicyclic) bond motifs is 1. The van der Waals surface area contributed by atoms with Crippen LogP contribution in [-0.2, 0) is 0 Å². The van der Waals surface area contributed by atoms with Gasteiger partial charge in [-0.1, -0.05) is 0 Å². The Bertz CT molecular complexity index is 481. The summed E-state index contributed by atoms with van der Waals surface area (Å²) in [6, 6.07) is 4.34. The Morgan fingerprint density at radius 3 is 2.71 bits per heavy atom. The maximum absolute atomic E-state index is 12.9. The smallest absolute Gasteiger partial charge is 0.423 e. The monoisotopic (exact) mass is 210 g/mol. The number of aryl methyl sites for hydroxylation is 1. The molecule has 0 amide bonds. The first-order valence-corrected chi connectivity index (χ1v) is 4.96. The average molecular weight is 210 g/mol. The molecule has 1 aromatic carbocycles. The van der Waals surface area contributed by atoms with E-state index in [4.69, 9.17) is 10.0 Å². The normalized spacial score (nSPS) is 10.9. The van der Waals surface area contributed by atoms with Crippen molar-refractivity contribution in [2.24, 2.45) is 0 Å². The minimum Gasteiger partial charge on any atom is -0.423 e. The number of rotatable bonds is 1. The van der Waals surface area contributed by atoms with Crippen LogP contribution < -0.4 is 5.46 Å². The van der Waals surface area contributed by atoms with E-state index in [1.54, 1.807) is 13.0 Å². The predicted molar refractivity (Wildman–Crippen MR) is 56.3 cm³/mol. The minimum absolute atomic E-state index is 0.364. The molecule has 0 fully saturated rings. The van der Waals surface area contributed by atoms with Crippen LogP contribution in [0.1, 0.15) is 4.88 Å². The fraction of sp³-hybridized carbons (Fsp3) is 0.111. The molecule has 2 nitrogen and oxygen atoms in total. The Balaban J connectivity index is 2.79. The Hall–Kier alpha value is -0.905. The topological polar surface area (TPSA) is 40.5 Å². The summed E-state index contributed by atoms with van der Waals surface area (Å²) in [5, 5.41) is 18.8. The van der Waals surface area contributed by atoms with E-state index in [0.717, 1.165) is 9.58 Å². The molecule has 0 atom stereocenters. The van der Waals surface area contributed by atoms with Crippen LogP contribution in [0.15, 0.2) is 18.2 Å². The van der Waals surface area contributed by atoms with Gasteiger partial charge in [0.1, 0.15) is 5.82 Å². The highest BCUT2D eigenvalue weighted by atomic mass is 32.1. The number of halogens is 1. The van der Waals surface area contributed by atoms with E-state index in [1.165, 1.54) is 23.5 Å². The molecular formula is C9H8BFO2S. The quantitative estimate of drug-likeness (QED) is 0.690. The van der Waals surface area contributed by atoms with E-state index in [1.807, 2.05) is 0 Å². The molecule has 5 heteroatoms. The molecule has 0 saturated heterocycles. The van der Waals surface area contributed by atoms with Gasteiger partial charge in [-0.25, -0.2) is 4.39 Å². The van der Waals surface area contributed by atoms with Crippen LogP contribution in [0.5, 0.6) is 0 Å². The van der Waals surface area contributed by atoms with Crippen LogP contribution in [0.25, 0.3) is 10.1 Å². The summed E-state index contributed by atoms with van der Waals surface area (Å²) < 4.78 is 13.8. The lowest BCUT2D eigenvalue weighted by atomic mass is 9.78. The van der Waals surface area contributed by atoms with Crippen LogP contribution in [0, 0.1) is 12.7 Å². The van der Waals surface area contributed by atoms with Crippen molar-refractivity contribution in [3.05, 3.63) is 28.9 Å². The fourth-order valence-electron chi connectivity index (χ4n) is 1.53. The average Bonchev–Trinajstić information content (AvgIpc) is 2.40. The molecule has 0 unspecified atom stereocenters. The van der Waals surface area contributed by atoms with Crippen molar-refractivity contribution < 1.29 is 14.4 Å². The van der Waals surface area contributed by atoms with E-state index >= 15 is 0 Å². The Morgan fingerprint density at radius 1 is 1.36 bits per heavy atom. The second kappa shape index (κ2) is 3.35. The summed E-state index contributed by atoms with van der Waals surface area (Å²) >= 11 is 1.43. The highest BCUT2D eigenvalue weighted by Gasteiger charge is 2.20. The van der Waals surface area contributed by atoms with E-state index in [-0.39, 0.29) is 5.82 Å². The van der Waals surface area contributed by atoms with Gasteiger partial charge in [0.15, 0.2) is 0 Å². The van der Waals surface area contributed by atoms with Crippen LogP contribution >= 0.6 is 11.3 Å². The summed E-state index contributed by atoms with van der Waals surface area (Å²) in [7, 11) is -1.54.